The highest BCUT2D eigenvalue weighted by Gasteiger charge is 2.20. The Morgan fingerprint density at radius 3 is 1.89 bits per heavy atom. The van der Waals surface area contributed by atoms with Crippen molar-refractivity contribution in [3.8, 4) is 39.9 Å². The Kier molecular flexibility index (Phi) is 5.64. The monoisotopic (exact) mass is 580 g/mol. The number of hydrogen-bond acceptors (Lipinski definition) is 4. The second-order valence-electron chi connectivity index (χ2n) is 10.9. The summed E-state index contributed by atoms with van der Waals surface area (Å²) in [6.07, 6.45) is 0. The van der Waals surface area contributed by atoms with Gasteiger partial charge in [-0.15, -0.1) is 11.3 Å². The molecule has 0 aliphatic rings. The summed E-state index contributed by atoms with van der Waals surface area (Å²) in [6.45, 7) is 0. The highest BCUT2D eigenvalue weighted by molar-refractivity contribution is 7.25. The van der Waals surface area contributed by atoms with Crippen molar-refractivity contribution in [1.29, 1.82) is 0 Å². The van der Waals surface area contributed by atoms with Crippen LogP contribution in [0.1, 0.15) is 0 Å². The fourth-order valence-corrected chi connectivity index (χ4v) is 7.41. The van der Waals surface area contributed by atoms with Crippen LogP contribution in [-0.2, 0) is 0 Å². The zero-order valence-electron chi connectivity index (χ0n) is 23.6. The highest BCUT2D eigenvalue weighted by atomic mass is 32.1. The lowest BCUT2D eigenvalue weighted by Crippen LogP contribution is -2.06. The lowest BCUT2D eigenvalue weighted by Gasteiger charge is -2.11. The molecule has 206 valence electrons. The lowest BCUT2D eigenvalue weighted by molar-refractivity contribution is 0.954. The van der Waals surface area contributed by atoms with E-state index in [1.165, 1.54) is 36.7 Å². The molecule has 4 nitrogen and oxygen atoms in total. The molecule has 0 N–H and O–H groups in total. The van der Waals surface area contributed by atoms with Gasteiger partial charge in [-0.2, -0.15) is 9.97 Å². The van der Waals surface area contributed by atoms with Crippen LogP contribution in [0.3, 0.4) is 0 Å². The van der Waals surface area contributed by atoms with E-state index in [4.69, 9.17) is 15.0 Å². The maximum atomic E-state index is 5.18. The first kappa shape index (κ1) is 24.9. The van der Waals surface area contributed by atoms with Gasteiger partial charge in [-0.05, 0) is 35.4 Å². The maximum Gasteiger partial charge on any atom is 0.238 e. The normalized spacial score (nSPS) is 11.6. The second kappa shape index (κ2) is 9.97. The van der Waals surface area contributed by atoms with Crippen molar-refractivity contribution in [1.82, 2.24) is 19.5 Å². The number of rotatable bonds is 4. The van der Waals surface area contributed by atoms with Crippen LogP contribution in [0.25, 0.3) is 81.8 Å². The van der Waals surface area contributed by atoms with Crippen LogP contribution in [0, 0.1) is 0 Å². The van der Waals surface area contributed by atoms with Crippen molar-refractivity contribution < 1.29 is 0 Å². The molecule has 0 saturated heterocycles. The molecule has 0 aliphatic carbocycles. The molecule has 0 saturated carbocycles. The molecule has 3 heterocycles. The van der Waals surface area contributed by atoms with E-state index in [-0.39, 0.29) is 0 Å². The van der Waals surface area contributed by atoms with Gasteiger partial charge < -0.3 is 0 Å². The third-order valence-corrected chi connectivity index (χ3v) is 9.41. The Bertz CT molecular complexity index is 2490. The molecular formula is C39H24N4S. The van der Waals surface area contributed by atoms with Gasteiger partial charge in [-0.25, -0.2) is 4.98 Å². The molecule has 6 aromatic carbocycles. The van der Waals surface area contributed by atoms with E-state index in [2.05, 4.69) is 132 Å². The zero-order valence-corrected chi connectivity index (χ0v) is 24.4. The number of nitrogens with zero attached hydrogens (tertiary/aromatic N) is 4. The number of hydrogen-bond donors (Lipinski definition) is 0. The molecule has 9 aromatic rings. The Morgan fingerprint density at radius 2 is 1.07 bits per heavy atom. The van der Waals surface area contributed by atoms with Gasteiger partial charge >= 0.3 is 0 Å². The maximum absolute atomic E-state index is 5.18. The third kappa shape index (κ3) is 3.94. The first-order valence-corrected chi connectivity index (χ1v) is 15.4. The van der Waals surface area contributed by atoms with Crippen molar-refractivity contribution in [3.63, 3.8) is 0 Å². The van der Waals surface area contributed by atoms with Gasteiger partial charge in [0.1, 0.15) is 0 Å². The first-order valence-electron chi connectivity index (χ1n) is 14.6. The van der Waals surface area contributed by atoms with Crippen molar-refractivity contribution in [2.45, 2.75) is 0 Å². The molecule has 0 bridgehead atoms. The predicted octanol–water partition coefficient (Wildman–Crippen LogP) is 10.3. The summed E-state index contributed by atoms with van der Waals surface area (Å²) < 4.78 is 4.68. The molecule has 44 heavy (non-hydrogen) atoms. The minimum absolute atomic E-state index is 0.599. The van der Waals surface area contributed by atoms with E-state index in [9.17, 15) is 0 Å². The van der Waals surface area contributed by atoms with Gasteiger partial charge in [0.15, 0.2) is 11.6 Å². The molecule has 0 aliphatic heterocycles. The van der Waals surface area contributed by atoms with Crippen molar-refractivity contribution in [2.24, 2.45) is 0 Å². The fourth-order valence-electron chi connectivity index (χ4n) is 6.27. The summed E-state index contributed by atoms with van der Waals surface area (Å²) in [7, 11) is 0. The van der Waals surface area contributed by atoms with Crippen molar-refractivity contribution >= 4 is 53.3 Å². The minimum atomic E-state index is 0.599. The van der Waals surface area contributed by atoms with Gasteiger partial charge in [0.05, 0.1) is 11.0 Å². The summed E-state index contributed by atoms with van der Waals surface area (Å²) in [5.41, 5.74) is 6.40. The van der Waals surface area contributed by atoms with E-state index in [1.54, 1.807) is 11.3 Å². The van der Waals surface area contributed by atoms with Crippen LogP contribution in [0.5, 0.6) is 0 Å². The van der Waals surface area contributed by atoms with Gasteiger partial charge in [0.25, 0.3) is 0 Å². The highest BCUT2D eigenvalue weighted by Crippen LogP contribution is 2.39. The van der Waals surface area contributed by atoms with E-state index in [0.717, 1.165) is 27.5 Å². The largest absolute Gasteiger partial charge is 0.278 e. The molecule has 9 rings (SSSR count). The second-order valence-corrected chi connectivity index (χ2v) is 12.0. The number of aromatic nitrogens is 4. The lowest BCUT2D eigenvalue weighted by atomic mass is 9.99. The van der Waals surface area contributed by atoms with Crippen LogP contribution in [0.15, 0.2) is 146 Å². The number of para-hydroxylation sites is 1. The molecule has 0 radical (unpaired) electrons. The summed E-state index contributed by atoms with van der Waals surface area (Å²) in [4.78, 5) is 15.3. The molecule has 0 unspecified atom stereocenters. The third-order valence-electron chi connectivity index (χ3n) is 8.28. The van der Waals surface area contributed by atoms with E-state index < -0.39 is 0 Å². The summed E-state index contributed by atoms with van der Waals surface area (Å²) >= 11 is 1.80. The Hall–Kier alpha value is -5.65. The molecule has 0 atom stereocenters. The first-order chi connectivity index (χ1) is 21.8. The van der Waals surface area contributed by atoms with E-state index in [1.807, 2.05) is 18.2 Å². The summed E-state index contributed by atoms with van der Waals surface area (Å²) in [5.74, 6) is 1.90. The van der Waals surface area contributed by atoms with Crippen molar-refractivity contribution in [2.75, 3.05) is 0 Å². The number of thiophene rings is 1. The molecule has 0 fully saturated rings. The Labute approximate surface area is 257 Å². The van der Waals surface area contributed by atoms with Crippen LogP contribution >= 0.6 is 11.3 Å². The average molecular weight is 581 g/mol. The number of fused-ring (bicyclic) bond motifs is 6. The van der Waals surface area contributed by atoms with Gasteiger partial charge in [-0.3, -0.25) is 4.57 Å². The van der Waals surface area contributed by atoms with E-state index >= 15 is 0 Å². The van der Waals surface area contributed by atoms with Crippen LogP contribution in [0.4, 0.5) is 0 Å². The van der Waals surface area contributed by atoms with E-state index in [0.29, 0.717) is 17.6 Å². The van der Waals surface area contributed by atoms with Crippen molar-refractivity contribution in [3.05, 3.63) is 146 Å². The smallest absolute Gasteiger partial charge is 0.238 e. The number of benzene rings is 6. The topological polar surface area (TPSA) is 43.6 Å². The van der Waals surface area contributed by atoms with Gasteiger partial charge in [-0.1, -0.05) is 121 Å². The summed E-state index contributed by atoms with van der Waals surface area (Å²) in [6, 6.07) is 50.8. The molecular weight excluding hydrogens is 557 g/mol. The zero-order chi connectivity index (χ0) is 29.0. The minimum Gasteiger partial charge on any atom is -0.278 e. The van der Waals surface area contributed by atoms with Crippen LogP contribution < -0.4 is 0 Å². The fraction of sp³-hybridized carbons (Fsp3) is 0. The van der Waals surface area contributed by atoms with Crippen LogP contribution in [-0.4, -0.2) is 19.5 Å². The molecule has 5 heteroatoms. The Balaban J connectivity index is 1.33. The Morgan fingerprint density at radius 1 is 0.432 bits per heavy atom. The molecule has 3 aromatic heterocycles. The SMILES string of the molecule is c1ccc(-c2nc(-c3ccc4c(c3)sc3ccccc34)nc(-n3c4ccccc4c4c(-c5ccccc5)cccc43)n2)cc1. The quantitative estimate of drug-likeness (QED) is 0.208. The van der Waals surface area contributed by atoms with Gasteiger partial charge in [0.2, 0.25) is 5.95 Å². The average Bonchev–Trinajstić information content (AvgIpc) is 3.64. The van der Waals surface area contributed by atoms with Gasteiger partial charge in [0, 0.05) is 42.1 Å². The van der Waals surface area contributed by atoms with Crippen LogP contribution in [0.2, 0.25) is 0 Å². The predicted molar refractivity (Wildman–Crippen MR) is 183 cm³/mol. The summed E-state index contributed by atoms with van der Waals surface area (Å²) in [5, 5.41) is 4.88. The molecule has 0 amide bonds. The molecule has 0 spiro atoms. The standard InChI is InChI=1S/C39H24N4S/c1-3-12-25(13-4-1)28-18-11-20-33-36(28)31-17-7-9-19-32(31)43(33)39-41-37(26-14-5-2-6-15-26)40-38(42-39)27-22-23-30-29-16-8-10-21-34(29)44-35(30)24-27/h1-24H.